The highest BCUT2D eigenvalue weighted by Gasteiger charge is 2.07. The summed E-state index contributed by atoms with van der Waals surface area (Å²) >= 11 is 0. The maximum Gasteiger partial charge on any atom is 0.188 e. The zero-order valence-electron chi connectivity index (χ0n) is 6.17. The van der Waals surface area contributed by atoms with E-state index in [4.69, 9.17) is 5.73 Å². The molecule has 1 rings (SSSR count). The number of hydrogen-bond acceptors (Lipinski definition) is 1. The number of rotatable bonds is 1. The Morgan fingerprint density at radius 3 is 3.10 bits per heavy atom. The molecule has 56 valence electrons. The monoisotopic (exact) mass is 139 g/mol. The van der Waals surface area contributed by atoms with Gasteiger partial charge in [-0.05, 0) is 12.8 Å². The smallest absolute Gasteiger partial charge is 0.188 e. The maximum absolute atomic E-state index is 5.46. The van der Waals surface area contributed by atoms with E-state index in [1.165, 1.54) is 0 Å². The summed E-state index contributed by atoms with van der Waals surface area (Å²) in [6.45, 7) is 0. The van der Waals surface area contributed by atoms with Crippen molar-refractivity contribution in [3.8, 4) is 0 Å². The van der Waals surface area contributed by atoms with Gasteiger partial charge in [0.15, 0.2) is 5.96 Å². The fourth-order valence-corrected chi connectivity index (χ4v) is 1.01. The van der Waals surface area contributed by atoms with Gasteiger partial charge in [0.05, 0.1) is 0 Å². The third-order valence-electron chi connectivity index (χ3n) is 1.59. The summed E-state index contributed by atoms with van der Waals surface area (Å²) in [6.07, 6.45) is 6.56. The van der Waals surface area contributed by atoms with Crippen LogP contribution in [0.1, 0.15) is 12.8 Å². The molecule has 3 heteroatoms. The summed E-state index contributed by atoms with van der Waals surface area (Å²) < 4.78 is 0. The summed E-state index contributed by atoms with van der Waals surface area (Å²) in [5, 5.41) is 3.07. The predicted octanol–water partition coefficient (Wildman–Crippen LogP) is 0.239. The number of nitrogens with two attached hydrogens (primary N) is 1. The number of nitrogens with zero attached hydrogens (tertiary/aromatic N) is 1. The Balaban J connectivity index is 2.31. The highest BCUT2D eigenvalue weighted by atomic mass is 15.1. The second-order valence-electron chi connectivity index (χ2n) is 2.37. The van der Waals surface area contributed by atoms with Crippen LogP contribution in [0.2, 0.25) is 0 Å². The average Bonchev–Trinajstić information content (AvgIpc) is 2.40. The minimum absolute atomic E-state index is 0.406. The molecule has 0 saturated carbocycles. The van der Waals surface area contributed by atoms with Crippen LogP contribution in [0.5, 0.6) is 0 Å². The van der Waals surface area contributed by atoms with E-state index in [0.29, 0.717) is 12.0 Å². The molecule has 1 aliphatic carbocycles. The van der Waals surface area contributed by atoms with Gasteiger partial charge in [0, 0.05) is 13.1 Å². The number of nitrogens with one attached hydrogen (secondary N) is 1. The van der Waals surface area contributed by atoms with E-state index < -0.39 is 0 Å². The molecule has 1 atom stereocenters. The van der Waals surface area contributed by atoms with Gasteiger partial charge in [0.2, 0.25) is 0 Å². The van der Waals surface area contributed by atoms with Gasteiger partial charge in [-0.1, -0.05) is 12.2 Å². The van der Waals surface area contributed by atoms with Crippen molar-refractivity contribution in [2.24, 2.45) is 10.7 Å². The molecule has 0 aromatic heterocycles. The van der Waals surface area contributed by atoms with Crippen LogP contribution in [0.15, 0.2) is 17.1 Å². The van der Waals surface area contributed by atoms with Gasteiger partial charge in [0.25, 0.3) is 0 Å². The first-order valence-electron chi connectivity index (χ1n) is 3.48. The van der Waals surface area contributed by atoms with Gasteiger partial charge in [-0.3, -0.25) is 4.99 Å². The van der Waals surface area contributed by atoms with Gasteiger partial charge in [-0.25, -0.2) is 0 Å². The number of allylic oxidation sites excluding steroid dienone is 1. The van der Waals surface area contributed by atoms with E-state index in [1.807, 2.05) is 0 Å². The van der Waals surface area contributed by atoms with Crippen LogP contribution >= 0.6 is 0 Å². The van der Waals surface area contributed by atoms with Crippen molar-refractivity contribution >= 4 is 5.96 Å². The van der Waals surface area contributed by atoms with Gasteiger partial charge >= 0.3 is 0 Å². The van der Waals surface area contributed by atoms with E-state index in [-0.39, 0.29) is 0 Å². The minimum atomic E-state index is 0.406. The third-order valence-corrected chi connectivity index (χ3v) is 1.59. The SMILES string of the molecule is CN=C(N)NC1C=CCC1. The summed E-state index contributed by atoms with van der Waals surface area (Å²) in [5.41, 5.74) is 5.46. The highest BCUT2D eigenvalue weighted by Crippen LogP contribution is 2.07. The molecule has 0 radical (unpaired) electrons. The Morgan fingerprint density at radius 1 is 1.80 bits per heavy atom. The van der Waals surface area contributed by atoms with Crippen molar-refractivity contribution in [3.05, 3.63) is 12.2 Å². The lowest BCUT2D eigenvalue weighted by Crippen LogP contribution is -2.37. The molecule has 3 N–H and O–H groups in total. The van der Waals surface area contributed by atoms with Crippen molar-refractivity contribution in [1.82, 2.24) is 5.32 Å². The standard InChI is InChI=1S/C7H13N3/c1-9-7(8)10-6-4-2-3-5-6/h2,4,6H,3,5H2,1H3,(H3,8,9,10). The largest absolute Gasteiger partial charge is 0.370 e. The van der Waals surface area contributed by atoms with Crippen LogP contribution in [0, 0.1) is 0 Å². The van der Waals surface area contributed by atoms with Crippen molar-refractivity contribution in [1.29, 1.82) is 0 Å². The molecule has 0 fully saturated rings. The van der Waals surface area contributed by atoms with E-state index in [9.17, 15) is 0 Å². The normalized spacial score (nSPS) is 25.3. The molecule has 3 nitrogen and oxygen atoms in total. The molecule has 1 unspecified atom stereocenters. The highest BCUT2D eigenvalue weighted by molar-refractivity contribution is 5.78. The second-order valence-corrected chi connectivity index (χ2v) is 2.37. The van der Waals surface area contributed by atoms with Gasteiger partial charge in [0.1, 0.15) is 0 Å². The zero-order chi connectivity index (χ0) is 7.40. The lowest BCUT2D eigenvalue weighted by molar-refractivity contribution is 0.700. The van der Waals surface area contributed by atoms with E-state index in [0.717, 1.165) is 12.8 Å². The van der Waals surface area contributed by atoms with Crippen LogP contribution in [0.4, 0.5) is 0 Å². The summed E-state index contributed by atoms with van der Waals surface area (Å²) in [7, 11) is 1.68. The van der Waals surface area contributed by atoms with Crippen molar-refractivity contribution < 1.29 is 0 Å². The Hall–Kier alpha value is -0.990. The molecular formula is C7H13N3. The summed E-state index contributed by atoms with van der Waals surface area (Å²) in [5.74, 6) is 0.525. The maximum atomic E-state index is 5.46. The fourth-order valence-electron chi connectivity index (χ4n) is 1.01. The first-order chi connectivity index (χ1) is 4.83. The Morgan fingerprint density at radius 2 is 2.60 bits per heavy atom. The number of hydrogen-bond donors (Lipinski definition) is 2. The van der Waals surface area contributed by atoms with Gasteiger partial charge < -0.3 is 11.1 Å². The van der Waals surface area contributed by atoms with Crippen molar-refractivity contribution in [2.45, 2.75) is 18.9 Å². The second kappa shape index (κ2) is 3.25. The van der Waals surface area contributed by atoms with Gasteiger partial charge in [-0.2, -0.15) is 0 Å². The molecule has 0 aromatic rings. The molecular weight excluding hydrogens is 126 g/mol. The van der Waals surface area contributed by atoms with Crippen LogP contribution in [0.25, 0.3) is 0 Å². The Labute approximate surface area is 61.0 Å². The topological polar surface area (TPSA) is 50.4 Å². The predicted molar refractivity (Wildman–Crippen MR) is 42.8 cm³/mol. The lowest BCUT2D eigenvalue weighted by Gasteiger charge is -2.09. The minimum Gasteiger partial charge on any atom is -0.370 e. The summed E-state index contributed by atoms with van der Waals surface area (Å²) in [6, 6.07) is 0.406. The number of aliphatic imine (C=N–C) groups is 1. The molecule has 0 spiro atoms. The van der Waals surface area contributed by atoms with Gasteiger partial charge in [-0.15, -0.1) is 0 Å². The quantitative estimate of drug-likeness (QED) is 0.310. The van der Waals surface area contributed by atoms with Crippen LogP contribution in [-0.4, -0.2) is 19.0 Å². The lowest BCUT2D eigenvalue weighted by atomic mass is 10.3. The van der Waals surface area contributed by atoms with Crippen LogP contribution < -0.4 is 11.1 Å². The van der Waals surface area contributed by atoms with E-state index in [2.05, 4.69) is 22.5 Å². The number of guanidine groups is 1. The fraction of sp³-hybridized carbons (Fsp3) is 0.571. The molecule has 0 heterocycles. The third kappa shape index (κ3) is 1.76. The summed E-state index contributed by atoms with van der Waals surface area (Å²) in [4.78, 5) is 3.80. The average molecular weight is 139 g/mol. The zero-order valence-corrected chi connectivity index (χ0v) is 6.17. The Bertz CT molecular complexity index is 160. The molecule has 10 heavy (non-hydrogen) atoms. The molecule has 0 aromatic carbocycles. The molecule has 1 aliphatic rings. The van der Waals surface area contributed by atoms with E-state index >= 15 is 0 Å². The molecule has 0 aliphatic heterocycles. The van der Waals surface area contributed by atoms with Crippen LogP contribution in [-0.2, 0) is 0 Å². The Kier molecular flexibility index (Phi) is 2.31. The first-order valence-corrected chi connectivity index (χ1v) is 3.48. The van der Waals surface area contributed by atoms with Crippen molar-refractivity contribution in [2.75, 3.05) is 7.05 Å². The van der Waals surface area contributed by atoms with Crippen molar-refractivity contribution in [3.63, 3.8) is 0 Å². The molecule has 0 saturated heterocycles. The first kappa shape index (κ1) is 7.12. The van der Waals surface area contributed by atoms with E-state index in [1.54, 1.807) is 7.05 Å². The molecule has 0 amide bonds. The molecule has 0 bridgehead atoms. The van der Waals surface area contributed by atoms with Crippen LogP contribution in [0.3, 0.4) is 0 Å².